The highest BCUT2D eigenvalue weighted by atomic mass is 16.5. The van der Waals surface area contributed by atoms with Crippen molar-refractivity contribution in [2.75, 3.05) is 19.7 Å². The fraction of sp³-hybridized carbons (Fsp3) is 1.00. The molecule has 0 bridgehead atoms. The van der Waals surface area contributed by atoms with Crippen molar-refractivity contribution in [2.24, 2.45) is 17.1 Å². The van der Waals surface area contributed by atoms with Crippen molar-refractivity contribution in [3.05, 3.63) is 0 Å². The van der Waals surface area contributed by atoms with Gasteiger partial charge in [-0.1, -0.05) is 27.2 Å². The zero-order valence-corrected chi connectivity index (χ0v) is 14.6. The van der Waals surface area contributed by atoms with E-state index < -0.39 is 0 Å². The second-order valence-electron chi connectivity index (χ2n) is 7.77. The van der Waals surface area contributed by atoms with E-state index in [2.05, 4.69) is 32.6 Å². The Balaban J connectivity index is 1.92. The molecule has 3 nitrogen and oxygen atoms in total. The maximum absolute atomic E-state index is 6.48. The van der Waals surface area contributed by atoms with Crippen LogP contribution in [-0.4, -0.2) is 42.8 Å². The highest BCUT2D eigenvalue weighted by molar-refractivity contribution is 4.94. The molecule has 2 rings (SSSR count). The van der Waals surface area contributed by atoms with Gasteiger partial charge < -0.3 is 10.5 Å². The third kappa shape index (κ3) is 4.20. The number of likely N-dealkylation sites (tertiary alicyclic amines) is 1. The lowest BCUT2D eigenvalue weighted by atomic mass is 9.67. The zero-order valence-electron chi connectivity index (χ0n) is 14.6. The van der Waals surface area contributed by atoms with Gasteiger partial charge in [-0.15, -0.1) is 0 Å². The second-order valence-corrected chi connectivity index (χ2v) is 7.77. The van der Waals surface area contributed by atoms with Crippen molar-refractivity contribution in [3.8, 4) is 0 Å². The van der Waals surface area contributed by atoms with Crippen LogP contribution in [0.3, 0.4) is 0 Å². The molecule has 2 N–H and O–H groups in total. The number of ether oxygens (including phenoxy) is 1. The highest BCUT2D eigenvalue weighted by Crippen LogP contribution is 2.41. The number of nitrogens with zero attached hydrogens (tertiary/aromatic N) is 1. The lowest BCUT2D eigenvalue weighted by Gasteiger charge is -2.47. The zero-order chi connectivity index (χ0) is 15.5. The Bertz CT molecular complexity index is 310. The van der Waals surface area contributed by atoms with Crippen LogP contribution in [0, 0.1) is 11.3 Å². The molecule has 124 valence electrons. The molecule has 1 aliphatic heterocycles. The minimum Gasteiger partial charge on any atom is -0.378 e. The summed E-state index contributed by atoms with van der Waals surface area (Å²) in [6.07, 6.45) is 7.91. The Hall–Kier alpha value is -0.120. The Kier molecular flexibility index (Phi) is 6.10. The first-order valence-corrected chi connectivity index (χ1v) is 9.09. The van der Waals surface area contributed by atoms with Crippen LogP contribution in [-0.2, 0) is 4.74 Å². The summed E-state index contributed by atoms with van der Waals surface area (Å²) in [6, 6.07) is 0.967. The molecule has 0 spiro atoms. The smallest absolute Gasteiger partial charge is 0.0599 e. The first kappa shape index (κ1) is 17.2. The largest absolute Gasteiger partial charge is 0.378 e. The Morgan fingerprint density at radius 2 is 1.76 bits per heavy atom. The molecule has 1 heterocycles. The first-order chi connectivity index (χ1) is 9.97. The molecule has 21 heavy (non-hydrogen) atoms. The molecule has 2 aliphatic rings. The molecular weight excluding hydrogens is 260 g/mol. The lowest BCUT2D eigenvalue weighted by molar-refractivity contribution is -0.0142. The van der Waals surface area contributed by atoms with Gasteiger partial charge in [-0.25, -0.2) is 0 Å². The predicted molar refractivity (Wildman–Crippen MR) is 89.4 cm³/mol. The Labute approximate surface area is 131 Å². The molecule has 1 saturated carbocycles. The summed E-state index contributed by atoms with van der Waals surface area (Å²) in [6.45, 7) is 12.5. The number of piperidine rings is 1. The maximum atomic E-state index is 6.48. The van der Waals surface area contributed by atoms with E-state index in [0.717, 1.165) is 12.5 Å². The van der Waals surface area contributed by atoms with Gasteiger partial charge >= 0.3 is 0 Å². The van der Waals surface area contributed by atoms with Crippen LogP contribution in [0.15, 0.2) is 0 Å². The minimum absolute atomic E-state index is 0.373. The summed E-state index contributed by atoms with van der Waals surface area (Å²) in [7, 11) is 0. The topological polar surface area (TPSA) is 38.5 Å². The van der Waals surface area contributed by atoms with Crippen LogP contribution in [0.4, 0.5) is 0 Å². The standard InChI is InChI=1S/C18H36N2O/c1-5-18(3,4)14-7-8-16(19)17(13-14)20-11-9-15(10-12-20)21-6-2/h14-17H,5-13,19H2,1-4H3. The van der Waals surface area contributed by atoms with Crippen molar-refractivity contribution in [3.63, 3.8) is 0 Å². The predicted octanol–water partition coefficient (Wildman–Crippen LogP) is 3.42. The fourth-order valence-electron chi connectivity index (χ4n) is 4.20. The molecule has 2 fully saturated rings. The Morgan fingerprint density at radius 3 is 2.33 bits per heavy atom. The van der Waals surface area contributed by atoms with Crippen molar-refractivity contribution < 1.29 is 4.74 Å². The molecule has 3 unspecified atom stereocenters. The van der Waals surface area contributed by atoms with Gasteiger partial charge in [0.05, 0.1) is 6.10 Å². The second kappa shape index (κ2) is 7.43. The fourth-order valence-corrected chi connectivity index (χ4v) is 4.20. The molecule has 3 atom stereocenters. The maximum Gasteiger partial charge on any atom is 0.0599 e. The summed E-state index contributed by atoms with van der Waals surface area (Å²) in [5, 5.41) is 0. The minimum atomic E-state index is 0.373. The highest BCUT2D eigenvalue weighted by Gasteiger charge is 2.39. The van der Waals surface area contributed by atoms with Crippen LogP contribution in [0.5, 0.6) is 0 Å². The van der Waals surface area contributed by atoms with Gasteiger partial charge in [0.15, 0.2) is 0 Å². The molecular formula is C18H36N2O. The summed E-state index contributed by atoms with van der Waals surface area (Å²) < 4.78 is 5.78. The van der Waals surface area contributed by atoms with Gasteiger partial charge in [0.2, 0.25) is 0 Å². The average Bonchev–Trinajstić information content (AvgIpc) is 2.49. The molecule has 1 saturated heterocycles. The van der Waals surface area contributed by atoms with Gasteiger partial charge in [-0.05, 0) is 50.4 Å². The van der Waals surface area contributed by atoms with Crippen LogP contribution in [0.25, 0.3) is 0 Å². The summed E-state index contributed by atoms with van der Waals surface area (Å²) in [5.41, 5.74) is 6.94. The van der Waals surface area contributed by atoms with E-state index in [1.54, 1.807) is 0 Å². The first-order valence-electron chi connectivity index (χ1n) is 9.09. The molecule has 0 aromatic rings. The van der Waals surface area contributed by atoms with E-state index in [1.807, 2.05) is 0 Å². The number of hydrogen-bond acceptors (Lipinski definition) is 3. The van der Waals surface area contributed by atoms with E-state index in [0.29, 0.717) is 23.6 Å². The van der Waals surface area contributed by atoms with Gasteiger partial charge in [0, 0.05) is 31.8 Å². The molecule has 3 heteroatoms. The third-order valence-corrected chi connectivity index (χ3v) is 6.23. The van der Waals surface area contributed by atoms with Gasteiger partial charge in [-0.2, -0.15) is 0 Å². The summed E-state index contributed by atoms with van der Waals surface area (Å²) in [5.74, 6) is 0.830. The van der Waals surface area contributed by atoms with Crippen molar-refractivity contribution >= 4 is 0 Å². The quantitative estimate of drug-likeness (QED) is 0.845. The van der Waals surface area contributed by atoms with E-state index in [1.165, 1.54) is 51.6 Å². The summed E-state index contributed by atoms with van der Waals surface area (Å²) in [4.78, 5) is 2.66. The average molecular weight is 296 g/mol. The normalized spacial score (nSPS) is 33.3. The van der Waals surface area contributed by atoms with E-state index in [-0.39, 0.29) is 0 Å². The van der Waals surface area contributed by atoms with Crippen LogP contribution in [0.2, 0.25) is 0 Å². The Morgan fingerprint density at radius 1 is 1.10 bits per heavy atom. The molecule has 0 aromatic heterocycles. The molecule has 0 aromatic carbocycles. The number of nitrogens with two attached hydrogens (primary N) is 1. The van der Waals surface area contributed by atoms with Crippen LogP contribution >= 0.6 is 0 Å². The van der Waals surface area contributed by atoms with E-state index in [4.69, 9.17) is 10.5 Å². The van der Waals surface area contributed by atoms with Crippen LogP contribution < -0.4 is 5.73 Å². The monoisotopic (exact) mass is 296 g/mol. The molecule has 0 radical (unpaired) electrons. The lowest BCUT2D eigenvalue weighted by Crippen LogP contribution is -2.55. The van der Waals surface area contributed by atoms with Gasteiger partial charge in [0.25, 0.3) is 0 Å². The van der Waals surface area contributed by atoms with Gasteiger partial charge in [-0.3, -0.25) is 4.90 Å². The van der Waals surface area contributed by atoms with Crippen molar-refractivity contribution in [1.82, 2.24) is 4.90 Å². The van der Waals surface area contributed by atoms with E-state index >= 15 is 0 Å². The SMILES string of the molecule is CCOC1CCN(C2CC(C(C)(C)CC)CCC2N)CC1. The van der Waals surface area contributed by atoms with Crippen molar-refractivity contribution in [2.45, 2.75) is 84.4 Å². The van der Waals surface area contributed by atoms with E-state index in [9.17, 15) is 0 Å². The number of rotatable bonds is 5. The summed E-state index contributed by atoms with van der Waals surface area (Å²) >= 11 is 0. The van der Waals surface area contributed by atoms with Crippen molar-refractivity contribution in [1.29, 1.82) is 0 Å². The van der Waals surface area contributed by atoms with Gasteiger partial charge in [0.1, 0.15) is 0 Å². The number of hydrogen-bond donors (Lipinski definition) is 1. The molecule has 1 aliphatic carbocycles. The van der Waals surface area contributed by atoms with Crippen LogP contribution in [0.1, 0.15) is 66.2 Å². The molecule has 0 amide bonds. The third-order valence-electron chi connectivity index (χ3n) is 6.23.